The Morgan fingerprint density at radius 2 is 1.50 bits per heavy atom. The number of ether oxygens (including phenoxy) is 2. The van der Waals surface area contributed by atoms with Crippen molar-refractivity contribution in [3.8, 4) is 0 Å². The van der Waals surface area contributed by atoms with E-state index in [1.165, 1.54) is 0 Å². The van der Waals surface area contributed by atoms with Crippen molar-refractivity contribution in [2.45, 2.75) is 149 Å². The van der Waals surface area contributed by atoms with Crippen LogP contribution in [-0.2, 0) is 14.3 Å². The van der Waals surface area contributed by atoms with Gasteiger partial charge in [-0.25, -0.2) is 0 Å². The summed E-state index contributed by atoms with van der Waals surface area (Å²) in [5, 5.41) is 86.5. The van der Waals surface area contributed by atoms with E-state index < -0.39 is 88.7 Å². The van der Waals surface area contributed by atoms with E-state index in [4.69, 9.17) is 9.47 Å². The Morgan fingerprint density at radius 1 is 0.854 bits per heavy atom. The molecule has 4 saturated carbocycles. The molecule has 11 nitrogen and oxygen atoms in total. The summed E-state index contributed by atoms with van der Waals surface area (Å²) < 4.78 is 11.5. The summed E-state index contributed by atoms with van der Waals surface area (Å²) in [7, 11) is 0. The summed E-state index contributed by atoms with van der Waals surface area (Å²) in [6, 6.07) is 0. The molecule has 0 aromatic rings. The lowest BCUT2D eigenvalue weighted by Crippen LogP contribution is -2.71. The lowest BCUT2D eigenvalue weighted by atomic mass is 9.31. The van der Waals surface area contributed by atoms with Crippen LogP contribution in [0.2, 0.25) is 0 Å². The molecular formula is C37H60O11. The first-order valence-electron chi connectivity index (χ1n) is 18.0. The van der Waals surface area contributed by atoms with Crippen molar-refractivity contribution < 1.29 is 55.1 Å². The van der Waals surface area contributed by atoms with E-state index in [1.54, 1.807) is 0 Å². The van der Waals surface area contributed by atoms with Gasteiger partial charge < -0.3 is 50.3 Å². The standard InChI is InChI=1S/C37H60O11/c1-31(2)12-14-37(30(46)48-28-26(43)25(42)24(41)20(17-38)47-28)15-13-35(6)23(36(37,7)29(31)45)9-8-22-32(3)16-19(40)27(44)33(4,18-39)21(32)10-11-34(22,35)5/h9,19-22,24-29,38-45H,8,10-18H2,1-7H3. The molecule has 11 heteroatoms. The zero-order chi connectivity index (χ0) is 35.6. The van der Waals surface area contributed by atoms with Gasteiger partial charge in [-0.2, -0.15) is 0 Å². The molecule has 6 aliphatic rings. The minimum atomic E-state index is -1.73. The first-order chi connectivity index (χ1) is 22.2. The molecule has 5 fully saturated rings. The zero-order valence-corrected chi connectivity index (χ0v) is 29.7. The number of hydrogen-bond acceptors (Lipinski definition) is 11. The molecule has 16 atom stereocenters. The Balaban J connectivity index is 1.43. The molecule has 6 rings (SSSR count). The van der Waals surface area contributed by atoms with E-state index in [0.717, 1.165) is 18.4 Å². The lowest BCUT2D eigenvalue weighted by Gasteiger charge is -2.73. The van der Waals surface area contributed by atoms with Crippen LogP contribution in [-0.4, -0.2) is 109 Å². The number of rotatable bonds is 4. The average Bonchev–Trinajstić information content (AvgIpc) is 3.03. The van der Waals surface area contributed by atoms with Crippen molar-refractivity contribution >= 4 is 5.97 Å². The second-order valence-corrected chi connectivity index (χ2v) is 18.4. The molecule has 0 aromatic heterocycles. The summed E-state index contributed by atoms with van der Waals surface area (Å²) in [6.07, 6.45) is -3.84. The van der Waals surface area contributed by atoms with E-state index in [1.807, 2.05) is 27.7 Å². The Bertz CT molecular complexity index is 1320. The molecular weight excluding hydrogens is 620 g/mol. The third-order valence-corrected chi connectivity index (χ3v) is 16.1. The summed E-state index contributed by atoms with van der Waals surface area (Å²) >= 11 is 0. The first-order valence-corrected chi connectivity index (χ1v) is 18.0. The molecule has 1 saturated heterocycles. The summed E-state index contributed by atoms with van der Waals surface area (Å²) in [5.74, 6) is -0.537. The second-order valence-electron chi connectivity index (χ2n) is 18.4. The molecule has 48 heavy (non-hydrogen) atoms. The molecule has 1 aliphatic heterocycles. The van der Waals surface area contributed by atoms with Gasteiger partial charge in [0.15, 0.2) is 0 Å². The molecule has 8 N–H and O–H groups in total. The highest BCUT2D eigenvalue weighted by molar-refractivity contribution is 5.80. The predicted molar refractivity (Wildman–Crippen MR) is 174 cm³/mol. The molecule has 0 spiro atoms. The van der Waals surface area contributed by atoms with Gasteiger partial charge in [0.05, 0.1) is 36.9 Å². The second kappa shape index (κ2) is 11.4. The average molecular weight is 681 g/mol. The maximum absolute atomic E-state index is 14.6. The van der Waals surface area contributed by atoms with Gasteiger partial charge in [-0.05, 0) is 84.9 Å². The fraction of sp³-hybridized carbons (Fsp3) is 0.919. The van der Waals surface area contributed by atoms with E-state index in [2.05, 4.69) is 26.8 Å². The Morgan fingerprint density at radius 3 is 2.12 bits per heavy atom. The van der Waals surface area contributed by atoms with Crippen molar-refractivity contribution in [1.82, 2.24) is 0 Å². The van der Waals surface area contributed by atoms with E-state index in [9.17, 15) is 45.6 Å². The SMILES string of the molecule is CC1(C)CCC2(C(=O)OC3OC(CO)C(O)C(O)C3O)CCC3(C)C(=CCC4C5(C)CC(O)C(O)C(C)(CO)C5CCC43C)C2(C)C1O. The Labute approximate surface area is 284 Å². The molecule has 0 amide bonds. The molecule has 0 radical (unpaired) electrons. The van der Waals surface area contributed by atoms with Gasteiger partial charge in [0, 0.05) is 10.8 Å². The number of hydrogen-bond donors (Lipinski definition) is 8. The number of allylic oxidation sites excluding steroid dienone is 1. The zero-order valence-electron chi connectivity index (χ0n) is 29.7. The van der Waals surface area contributed by atoms with E-state index in [0.29, 0.717) is 38.5 Å². The molecule has 16 unspecified atom stereocenters. The van der Waals surface area contributed by atoms with Gasteiger partial charge in [-0.1, -0.05) is 60.1 Å². The monoisotopic (exact) mass is 680 g/mol. The van der Waals surface area contributed by atoms with Gasteiger partial charge >= 0.3 is 5.97 Å². The van der Waals surface area contributed by atoms with Gasteiger partial charge in [0.1, 0.15) is 24.4 Å². The van der Waals surface area contributed by atoms with Gasteiger partial charge in [0.25, 0.3) is 0 Å². The van der Waals surface area contributed by atoms with Crippen LogP contribution < -0.4 is 0 Å². The number of esters is 1. The quantitative estimate of drug-likeness (QED) is 0.159. The fourth-order valence-electron chi connectivity index (χ4n) is 12.9. The summed E-state index contributed by atoms with van der Waals surface area (Å²) in [6.45, 7) is 13.9. The van der Waals surface area contributed by atoms with Crippen LogP contribution in [0, 0.1) is 49.7 Å². The third-order valence-electron chi connectivity index (χ3n) is 16.1. The normalized spacial score (nSPS) is 56.1. The smallest absolute Gasteiger partial charge is 0.315 e. The van der Waals surface area contributed by atoms with Crippen molar-refractivity contribution in [1.29, 1.82) is 0 Å². The molecule has 0 aromatic carbocycles. The van der Waals surface area contributed by atoms with Crippen LogP contribution in [0.4, 0.5) is 0 Å². The van der Waals surface area contributed by atoms with Crippen LogP contribution in [0.5, 0.6) is 0 Å². The largest absolute Gasteiger partial charge is 0.432 e. The van der Waals surface area contributed by atoms with Crippen LogP contribution in [0.3, 0.4) is 0 Å². The highest BCUT2D eigenvalue weighted by atomic mass is 16.7. The maximum atomic E-state index is 14.6. The topological polar surface area (TPSA) is 197 Å². The molecule has 5 aliphatic carbocycles. The fourth-order valence-corrected chi connectivity index (χ4v) is 12.9. The predicted octanol–water partition coefficient (Wildman–Crippen LogP) is 1.80. The number of aliphatic hydroxyl groups is 8. The summed E-state index contributed by atoms with van der Waals surface area (Å²) in [4.78, 5) is 14.6. The van der Waals surface area contributed by atoms with Crippen molar-refractivity contribution in [3.63, 3.8) is 0 Å². The maximum Gasteiger partial charge on any atom is 0.315 e. The third kappa shape index (κ3) is 4.41. The minimum Gasteiger partial charge on any atom is -0.432 e. The first kappa shape index (κ1) is 36.6. The van der Waals surface area contributed by atoms with Crippen LogP contribution >= 0.6 is 0 Å². The van der Waals surface area contributed by atoms with Crippen LogP contribution in [0.15, 0.2) is 11.6 Å². The van der Waals surface area contributed by atoms with Crippen molar-refractivity contribution in [2.24, 2.45) is 49.7 Å². The number of carbonyl (C=O) groups excluding carboxylic acids is 1. The highest BCUT2D eigenvalue weighted by Crippen LogP contribution is 2.78. The summed E-state index contributed by atoms with van der Waals surface area (Å²) in [5.41, 5.74) is -3.73. The number of carbonyl (C=O) groups is 1. The van der Waals surface area contributed by atoms with Crippen molar-refractivity contribution in [3.05, 3.63) is 11.6 Å². The number of fused-ring (bicyclic) bond motifs is 7. The molecule has 0 bridgehead atoms. The Kier molecular flexibility index (Phi) is 8.72. The minimum absolute atomic E-state index is 0.00369. The van der Waals surface area contributed by atoms with Gasteiger partial charge in [-0.15, -0.1) is 0 Å². The van der Waals surface area contributed by atoms with Gasteiger partial charge in [0.2, 0.25) is 6.29 Å². The van der Waals surface area contributed by atoms with Crippen molar-refractivity contribution in [2.75, 3.05) is 13.2 Å². The van der Waals surface area contributed by atoms with Gasteiger partial charge in [-0.3, -0.25) is 4.79 Å². The van der Waals surface area contributed by atoms with Crippen LogP contribution in [0.1, 0.15) is 99.8 Å². The molecule has 274 valence electrons. The van der Waals surface area contributed by atoms with Crippen LogP contribution in [0.25, 0.3) is 0 Å². The highest BCUT2D eigenvalue weighted by Gasteiger charge is 2.75. The van der Waals surface area contributed by atoms with E-state index in [-0.39, 0.29) is 29.3 Å². The Hall–Kier alpha value is -1.15. The lowest BCUT2D eigenvalue weighted by molar-refractivity contribution is -0.301. The van der Waals surface area contributed by atoms with E-state index >= 15 is 0 Å². The molecule has 1 heterocycles. The number of aliphatic hydroxyl groups excluding tert-OH is 8.